The molecule has 1 aliphatic heterocycles. The number of hydrogen-bond donors (Lipinski definition) is 1. The van der Waals surface area contributed by atoms with Crippen LogP contribution in [0.2, 0.25) is 61.4 Å². The first kappa shape index (κ1) is 33.1. The van der Waals surface area contributed by atoms with Gasteiger partial charge in [-0.1, -0.05) is 62.5 Å². The summed E-state index contributed by atoms with van der Waals surface area (Å²) in [7, 11) is -2.43. The van der Waals surface area contributed by atoms with Gasteiger partial charge in [-0.05, 0) is 37.2 Å². The summed E-state index contributed by atoms with van der Waals surface area (Å²) in [5.74, 6) is 1.47. The quantitative estimate of drug-likeness (QED) is 0.107. The number of imidazole rings is 1. The van der Waals surface area contributed by atoms with E-state index in [4.69, 9.17) is 47.5 Å². The minimum absolute atomic E-state index is 0.356. The van der Waals surface area contributed by atoms with Crippen LogP contribution in [0, 0.1) is 0 Å². The van der Waals surface area contributed by atoms with E-state index in [-0.39, 0.29) is 0 Å². The lowest BCUT2D eigenvalue weighted by atomic mass is 10.1. The summed E-state index contributed by atoms with van der Waals surface area (Å²) in [5.41, 5.74) is 4.59. The van der Waals surface area contributed by atoms with Crippen molar-refractivity contribution in [2.75, 3.05) is 13.2 Å². The van der Waals surface area contributed by atoms with Crippen molar-refractivity contribution in [3.05, 3.63) is 57.6 Å². The standard InChI is InChI=1S/C31H44Cl2N6O3Si2/c1-21(29-24(32)15-34-16-25(29)33)42-22-8-9-27-23(14-22)30(37-39(27)20-41-11-13-44(5,6)7)31-36-26-17-35-18-28(26)38(31)19-40-10-12-43(2,3)4/h8-9,14-16,21,35H,10-13,17-20H2,1-7H3. The van der Waals surface area contributed by atoms with Crippen molar-refractivity contribution in [2.45, 2.75) is 90.9 Å². The predicted molar refractivity (Wildman–Crippen MR) is 183 cm³/mol. The Morgan fingerprint density at radius 1 is 0.932 bits per heavy atom. The number of nitrogens with zero attached hydrogens (tertiary/aromatic N) is 5. The van der Waals surface area contributed by atoms with E-state index in [2.05, 4.69) is 54.1 Å². The van der Waals surface area contributed by atoms with Crippen molar-refractivity contribution in [1.82, 2.24) is 29.6 Å². The molecule has 1 aliphatic rings. The first-order valence-electron chi connectivity index (χ1n) is 15.2. The van der Waals surface area contributed by atoms with Gasteiger partial charge in [-0.3, -0.25) is 4.98 Å². The maximum atomic E-state index is 6.44. The van der Waals surface area contributed by atoms with Crippen molar-refractivity contribution in [2.24, 2.45) is 0 Å². The Labute approximate surface area is 272 Å². The lowest BCUT2D eigenvalue weighted by Gasteiger charge is -2.18. The molecule has 13 heteroatoms. The minimum atomic E-state index is -1.22. The van der Waals surface area contributed by atoms with Crippen LogP contribution in [0.15, 0.2) is 30.6 Å². The fraction of sp³-hybridized carbons (Fsp3) is 0.516. The molecule has 0 radical (unpaired) electrons. The molecule has 1 aromatic carbocycles. The fourth-order valence-electron chi connectivity index (χ4n) is 5.13. The maximum Gasteiger partial charge on any atom is 0.163 e. The molecule has 1 atom stereocenters. The molecular formula is C31H44Cl2N6O3Si2. The van der Waals surface area contributed by atoms with Gasteiger partial charge in [0.05, 0.1) is 26.9 Å². The first-order valence-corrected chi connectivity index (χ1v) is 23.4. The monoisotopic (exact) mass is 674 g/mol. The molecule has 0 saturated carbocycles. The van der Waals surface area contributed by atoms with Crippen molar-refractivity contribution < 1.29 is 14.2 Å². The van der Waals surface area contributed by atoms with E-state index in [1.54, 1.807) is 12.4 Å². The average molecular weight is 676 g/mol. The van der Waals surface area contributed by atoms with Crippen LogP contribution in [0.1, 0.15) is 30.0 Å². The van der Waals surface area contributed by atoms with Crippen LogP contribution in [0.3, 0.4) is 0 Å². The van der Waals surface area contributed by atoms with Gasteiger partial charge in [0.2, 0.25) is 0 Å². The summed E-state index contributed by atoms with van der Waals surface area (Å²) in [6.45, 7) is 19.8. The summed E-state index contributed by atoms with van der Waals surface area (Å²) in [4.78, 5) is 9.15. The highest BCUT2D eigenvalue weighted by atomic mass is 35.5. The van der Waals surface area contributed by atoms with Crippen LogP contribution in [0.5, 0.6) is 5.75 Å². The Balaban J connectivity index is 1.50. The van der Waals surface area contributed by atoms with Crippen molar-refractivity contribution >= 4 is 50.3 Å². The smallest absolute Gasteiger partial charge is 0.163 e. The van der Waals surface area contributed by atoms with Gasteiger partial charge in [0.15, 0.2) is 5.82 Å². The molecule has 0 fully saturated rings. The van der Waals surface area contributed by atoms with Crippen LogP contribution in [0.4, 0.5) is 0 Å². The molecule has 0 aliphatic carbocycles. The van der Waals surface area contributed by atoms with Crippen LogP contribution >= 0.6 is 23.2 Å². The zero-order valence-electron chi connectivity index (χ0n) is 26.8. The molecule has 238 valence electrons. The van der Waals surface area contributed by atoms with E-state index in [0.717, 1.165) is 65.6 Å². The van der Waals surface area contributed by atoms with Crippen LogP contribution in [0.25, 0.3) is 22.4 Å². The Bertz CT molecular complexity index is 1590. The predicted octanol–water partition coefficient (Wildman–Crippen LogP) is 7.97. The lowest BCUT2D eigenvalue weighted by Crippen LogP contribution is -2.22. The molecule has 4 heterocycles. The summed E-state index contributed by atoms with van der Waals surface area (Å²) in [6, 6.07) is 8.19. The number of hydrogen-bond acceptors (Lipinski definition) is 7. The molecule has 0 bridgehead atoms. The number of aromatic nitrogens is 5. The zero-order chi connectivity index (χ0) is 31.6. The third-order valence-electron chi connectivity index (χ3n) is 7.71. The third kappa shape index (κ3) is 7.93. The van der Waals surface area contributed by atoms with Gasteiger partial charge in [-0.25, -0.2) is 9.67 Å². The summed E-state index contributed by atoms with van der Waals surface area (Å²) < 4.78 is 22.9. The fourth-order valence-corrected chi connectivity index (χ4v) is 7.31. The summed E-state index contributed by atoms with van der Waals surface area (Å²) in [5, 5.41) is 10.4. The van der Waals surface area contributed by atoms with Crippen molar-refractivity contribution in [3.8, 4) is 17.3 Å². The second kappa shape index (κ2) is 13.6. The SMILES string of the molecule is CC(Oc1ccc2c(c1)c(-c1nc3c(n1COCC[Si](C)(C)C)CNC3)nn2COCC[Si](C)(C)C)c1c(Cl)cncc1Cl. The molecule has 5 rings (SSSR count). The van der Waals surface area contributed by atoms with Gasteiger partial charge in [-0.15, -0.1) is 0 Å². The highest BCUT2D eigenvalue weighted by Crippen LogP contribution is 2.36. The Morgan fingerprint density at radius 2 is 1.59 bits per heavy atom. The third-order valence-corrected chi connectivity index (χ3v) is 11.7. The van der Waals surface area contributed by atoms with Crippen LogP contribution in [-0.4, -0.2) is 53.7 Å². The highest BCUT2D eigenvalue weighted by molar-refractivity contribution is 6.76. The first-order chi connectivity index (χ1) is 20.8. The number of fused-ring (bicyclic) bond motifs is 2. The molecule has 1 unspecified atom stereocenters. The zero-order valence-corrected chi connectivity index (χ0v) is 30.3. The van der Waals surface area contributed by atoms with Gasteiger partial charge in [-0.2, -0.15) is 5.10 Å². The second-order valence-electron chi connectivity index (χ2n) is 13.9. The van der Waals surface area contributed by atoms with Crippen molar-refractivity contribution in [3.63, 3.8) is 0 Å². The number of benzene rings is 1. The van der Waals surface area contributed by atoms with Gasteiger partial charge < -0.3 is 24.1 Å². The van der Waals surface area contributed by atoms with Gasteiger partial charge in [0, 0.05) is 65.8 Å². The largest absolute Gasteiger partial charge is 0.486 e. The molecule has 1 N–H and O–H groups in total. The number of ether oxygens (including phenoxy) is 3. The minimum Gasteiger partial charge on any atom is -0.486 e. The number of rotatable bonds is 14. The van der Waals surface area contributed by atoms with E-state index in [0.29, 0.717) is 41.4 Å². The number of halogens is 2. The van der Waals surface area contributed by atoms with Crippen LogP contribution < -0.4 is 10.1 Å². The molecule has 0 amide bonds. The van der Waals surface area contributed by atoms with Crippen molar-refractivity contribution in [1.29, 1.82) is 0 Å². The number of pyridine rings is 1. The molecule has 44 heavy (non-hydrogen) atoms. The highest BCUT2D eigenvalue weighted by Gasteiger charge is 2.26. The van der Waals surface area contributed by atoms with Gasteiger partial charge >= 0.3 is 0 Å². The number of nitrogens with one attached hydrogen (secondary N) is 1. The lowest BCUT2D eigenvalue weighted by molar-refractivity contribution is 0.0815. The van der Waals surface area contributed by atoms with Gasteiger partial charge in [0.1, 0.15) is 31.0 Å². The Morgan fingerprint density at radius 3 is 2.25 bits per heavy atom. The average Bonchev–Trinajstić information content (AvgIpc) is 3.61. The molecule has 0 spiro atoms. The Hall–Kier alpha value is -2.26. The normalized spacial score (nSPS) is 14.4. The Kier molecular flexibility index (Phi) is 10.3. The second-order valence-corrected chi connectivity index (χ2v) is 25.9. The maximum absolute atomic E-state index is 6.44. The molecule has 9 nitrogen and oxygen atoms in total. The van der Waals surface area contributed by atoms with E-state index in [9.17, 15) is 0 Å². The molecule has 3 aromatic heterocycles. The summed E-state index contributed by atoms with van der Waals surface area (Å²) in [6.07, 6.45) is 2.77. The molecule has 0 saturated heterocycles. The van der Waals surface area contributed by atoms with E-state index in [1.165, 1.54) is 0 Å². The topological polar surface area (TPSA) is 88.2 Å². The molecular weight excluding hydrogens is 631 g/mol. The van der Waals surface area contributed by atoms with Crippen LogP contribution in [-0.2, 0) is 36.0 Å². The van der Waals surface area contributed by atoms with E-state index >= 15 is 0 Å². The van der Waals surface area contributed by atoms with E-state index in [1.807, 2.05) is 29.8 Å². The van der Waals surface area contributed by atoms with Gasteiger partial charge in [0.25, 0.3) is 0 Å². The van der Waals surface area contributed by atoms with E-state index < -0.39 is 22.3 Å². The molecule has 4 aromatic rings. The summed E-state index contributed by atoms with van der Waals surface area (Å²) >= 11 is 12.9.